The van der Waals surface area contributed by atoms with Gasteiger partial charge in [-0.15, -0.1) is 0 Å². The van der Waals surface area contributed by atoms with Gasteiger partial charge in [0.15, 0.2) is 5.82 Å². The van der Waals surface area contributed by atoms with E-state index in [9.17, 15) is 0 Å². The van der Waals surface area contributed by atoms with E-state index in [4.69, 9.17) is 10.5 Å². The van der Waals surface area contributed by atoms with E-state index in [1.165, 1.54) is 5.56 Å². The highest BCUT2D eigenvalue weighted by Gasteiger charge is 2.04. The molecule has 0 aliphatic heterocycles. The van der Waals surface area contributed by atoms with Gasteiger partial charge < -0.3 is 10.5 Å². The van der Waals surface area contributed by atoms with Crippen molar-refractivity contribution in [2.75, 3.05) is 5.73 Å². The van der Waals surface area contributed by atoms with Crippen molar-refractivity contribution in [1.82, 2.24) is 9.97 Å². The lowest BCUT2D eigenvalue weighted by Gasteiger charge is -2.10. The molecule has 2 rings (SSSR count). The number of hydrogen-bond acceptors (Lipinski definition) is 4. The third kappa shape index (κ3) is 2.77. The van der Waals surface area contributed by atoms with Crippen molar-refractivity contribution in [1.29, 1.82) is 0 Å². The van der Waals surface area contributed by atoms with Gasteiger partial charge in [-0.1, -0.05) is 12.1 Å². The Morgan fingerprint density at radius 3 is 2.67 bits per heavy atom. The summed E-state index contributed by atoms with van der Waals surface area (Å²) in [6.45, 7) is 6.31. The third-order valence-corrected chi connectivity index (χ3v) is 2.83. The van der Waals surface area contributed by atoms with E-state index in [1.54, 1.807) is 6.07 Å². The minimum absolute atomic E-state index is 0.330. The van der Waals surface area contributed by atoms with Gasteiger partial charge in [0.1, 0.15) is 18.2 Å². The summed E-state index contributed by atoms with van der Waals surface area (Å²) in [6.07, 6.45) is 0. The molecule has 0 saturated heterocycles. The van der Waals surface area contributed by atoms with E-state index in [-0.39, 0.29) is 0 Å². The van der Waals surface area contributed by atoms with Crippen LogP contribution in [0.2, 0.25) is 0 Å². The van der Waals surface area contributed by atoms with E-state index >= 15 is 0 Å². The van der Waals surface area contributed by atoms with E-state index in [1.807, 2.05) is 26.0 Å². The van der Waals surface area contributed by atoms with Crippen LogP contribution in [-0.2, 0) is 6.61 Å². The normalized spacial score (nSPS) is 10.4. The largest absolute Gasteiger partial charge is 0.485 e. The molecule has 2 aromatic rings. The van der Waals surface area contributed by atoms with Gasteiger partial charge in [0.2, 0.25) is 0 Å². The van der Waals surface area contributed by atoms with Crippen molar-refractivity contribution in [3.05, 3.63) is 46.9 Å². The number of hydrogen-bond donors (Lipinski definition) is 1. The van der Waals surface area contributed by atoms with Gasteiger partial charge in [-0.3, -0.25) is 0 Å². The molecule has 0 aliphatic carbocycles. The molecule has 94 valence electrons. The van der Waals surface area contributed by atoms with Crippen LogP contribution < -0.4 is 10.5 Å². The fourth-order valence-corrected chi connectivity index (χ4v) is 1.74. The minimum Gasteiger partial charge on any atom is -0.485 e. The first-order valence-corrected chi connectivity index (χ1v) is 5.85. The maximum absolute atomic E-state index is 5.73. The van der Waals surface area contributed by atoms with E-state index in [0.717, 1.165) is 17.0 Å². The molecule has 0 bridgehead atoms. The third-order valence-electron chi connectivity index (χ3n) is 2.83. The Labute approximate surface area is 107 Å². The first-order chi connectivity index (χ1) is 8.56. The van der Waals surface area contributed by atoms with Gasteiger partial charge in [0, 0.05) is 11.8 Å². The zero-order valence-electron chi connectivity index (χ0n) is 10.9. The molecule has 1 heterocycles. The van der Waals surface area contributed by atoms with Crippen LogP contribution in [0.25, 0.3) is 0 Å². The highest BCUT2D eigenvalue weighted by Crippen LogP contribution is 2.21. The highest BCUT2D eigenvalue weighted by molar-refractivity contribution is 5.38. The Hall–Kier alpha value is -2.10. The smallest absolute Gasteiger partial charge is 0.168 e. The standard InChI is InChI=1S/C14H17N3O/c1-9-5-4-6-12(11(9)3)18-8-14-16-10(2)7-13(15)17-14/h4-7H,8H2,1-3H3,(H2,15,16,17). The van der Waals surface area contributed by atoms with Crippen molar-refractivity contribution in [3.63, 3.8) is 0 Å². The maximum atomic E-state index is 5.73. The Bertz CT molecular complexity index is 547. The van der Waals surface area contributed by atoms with Crippen LogP contribution in [0.1, 0.15) is 22.6 Å². The zero-order valence-corrected chi connectivity index (χ0v) is 10.9. The number of benzene rings is 1. The summed E-state index contributed by atoms with van der Waals surface area (Å²) in [5.41, 5.74) is 8.87. The fourth-order valence-electron chi connectivity index (χ4n) is 1.74. The molecule has 2 N–H and O–H groups in total. The van der Waals surface area contributed by atoms with Crippen molar-refractivity contribution in [2.24, 2.45) is 0 Å². The van der Waals surface area contributed by atoms with Crippen LogP contribution in [0.5, 0.6) is 5.75 Å². The topological polar surface area (TPSA) is 61.0 Å². The average molecular weight is 243 g/mol. The predicted octanol–water partition coefficient (Wildman–Crippen LogP) is 2.56. The number of rotatable bonds is 3. The van der Waals surface area contributed by atoms with Crippen LogP contribution >= 0.6 is 0 Å². The van der Waals surface area contributed by atoms with E-state index in [2.05, 4.69) is 23.0 Å². The molecule has 1 aromatic carbocycles. The van der Waals surface area contributed by atoms with E-state index in [0.29, 0.717) is 18.2 Å². The molecular formula is C14H17N3O. The quantitative estimate of drug-likeness (QED) is 0.900. The molecule has 0 amide bonds. The van der Waals surface area contributed by atoms with Gasteiger partial charge in [-0.25, -0.2) is 9.97 Å². The number of nitrogens with two attached hydrogens (primary N) is 1. The number of anilines is 1. The minimum atomic E-state index is 0.330. The Morgan fingerprint density at radius 1 is 1.17 bits per heavy atom. The molecule has 0 unspecified atom stereocenters. The first-order valence-electron chi connectivity index (χ1n) is 5.85. The van der Waals surface area contributed by atoms with Crippen LogP contribution in [0.3, 0.4) is 0 Å². The summed E-state index contributed by atoms with van der Waals surface area (Å²) in [5, 5.41) is 0. The SMILES string of the molecule is Cc1cc(N)nc(COc2cccc(C)c2C)n1. The van der Waals surface area contributed by atoms with Gasteiger partial charge in [-0.05, 0) is 38.0 Å². The van der Waals surface area contributed by atoms with E-state index < -0.39 is 0 Å². The molecular weight excluding hydrogens is 226 g/mol. The average Bonchev–Trinajstić information content (AvgIpc) is 2.30. The summed E-state index contributed by atoms with van der Waals surface area (Å²) < 4.78 is 5.73. The lowest BCUT2D eigenvalue weighted by Crippen LogP contribution is -2.06. The molecule has 1 aromatic heterocycles. The van der Waals surface area contributed by atoms with Crippen LogP contribution in [-0.4, -0.2) is 9.97 Å². The van der Waals surface area contributed by atoms with Gasteiger partial charge in [0.05, 0.1) is 0 Å². The number of ether oxygens (including phenoxy) is 1. The van der Waals surface area contributed by atoms with Gasteiger partial charge in [-0.2, -0.15) is 0 Å². The molecule has 0 radical (unpaired) electrons. The zero-order chi connectivity index (χ0) is 13.1. The van der Waals surface area contributed by atoms with Crippen LogP contribution in [0, 0.1) is 20.8 Å². The lowest BCUT2D eigenvalue weighted by molar-refractivity contribution is 0.293. The van der Waals surface area contributed by atoms with Crippen LogP contribution in [0.15, 0.2) is 24.3 Å². The molecule has 4 nitrogen and oxygen atoms in total. The Balaban J connectivity index is 2.14. The summed E-state index contributed by atoms with van der Waals surface area (Å²) in [6, 6.07) is 7.72. The maximum Gasteiger partial charge on any atom is 0.168 e. The van der Waals surface area contributed by atoms with Crippen molar-refractivity contribution in [3.8, 4) is 5.75 Å². The van der Waals surface area contributed by atoms with Crippen molar-refractivity contribution < 1.29 is 4.74 Å². The summed E-state index contributed by atoms with van der Waals surface area (Å²) >= 11 is 0. The molecule has 0 atom stereocenters. The second-order valence-corrected chi connectivity index (χ2v) is 4.34. The Morgan fingerprint density at radius 2 is 1.94 bits per heavy atom. The predicted molar refractivity (Wildman–Crippen MR) is 71.4 cm³/mol. The summed E-state index contributed by atoms with van der Waals surface area (Å²) in [7, 11) is 0. The van der Waals surface area contributed by atoms with Gasteiger partial charge >= 0.3 is 0 Å². The Kier molecular flexibility index (Phi) is 3.46. The monoisotopic (exact) mass is 243 g/mol. The fraction of sp³-hybridized carbons (Fsp3) is 0.286. The molecule has 4 heteroatoms. The molecule has 18 heavy (non-hydrogen) atoms. The molecule has 0 spiro atoms. The number of nitrogens with zero attached hydrogens (tertiary/aromatic N) is 2. The molecule has 0 aliphatic rings. The first kappa shape index (κ1) is 12.4. The lowest BCUT2D eigenvalue weighted by atomic mass is 10.1. The molecule has 0 fully saturated rings. The number of aryl methyl sites for hydroxylation is 2. The van der Waals surface area contributed by atoms with Crippen LogP contribution in [0.4, 0.5) is 5.82 Å². The van der Waals surface area contributed by atoms with Crippen molar-refractivity contribution >= 4 is 5.82 Å². The second-order valence-electron chi connectivity index (χ2n) is 4.34. The summed E-state index contributed by atoms with van der Waals surface area (Å²) in [4.78, 5) is 8.43. The van der Waals surface area contributed by atoms with Gasteiger partial charge in [0.25, 0.3) is 0 Å². The summed E-state index contributed by atoms with van der Waals surface area (Å²) in [5.74, 6) is 1.94. The second kappa shape index (κ2) is 5.04. The number of aromatic nitrogens is 2. The number of nitrogen functional groups attached to an aromatic ring is 1. The highest BCUT2D eigenvalue weighted by atomic mass is 16.5. The van der Waals surface area contributed by atoms with Crippen molar-refractivity contribution in [2.45, 2.75) is 27.4 Å². The molecule has 0 saturated carbocycles.